The third kappa shape index (κ3) is 3.08. The molecule has 1 N–H and O–H groups in total. The van der Waals surface area contributed by atoms with Crippen molar-refractivity contribution >= 4 is 39.8 Å². The molecule has 0 spiro atoms. The maximum atomic E-state index is 11.1. The van der Waals surface area contributed by atoms with Gasteiger partial charge in [-0.3, -0.25) is 9.59 Å². The van der Waals surface area contributed by atoms with E-state index in [2.05, 4.69) is 10.3 Å². The van der Waals surface area contributed by atoms with Crippen molar-refractivity contribution in [3.05, 3.63) is 11.1 Å². The molecule has 1 aromatic heterocycles. The third-order valence-corrected chi connectivity index (χ3v) is 2.38. The monoisotopic (exact) mass is 232 g/mol. The van der Waals surface area contributed by atoms with Crippen molar-refractivity contribution in [2.24, 2.45) is 0 Å². The lowest BCUT2D eigenvalue weighted by atomic mass is 10.4. The van der Waals surface area contributed by atoms with Crippen molar-refractivity contribution < 1.29 is 9.59 Å². The second kappa shape index (κ2) is 5.07. The van der Waals surface area contributed by atoms with Crippen LogP contribution in [0.4, 0.5) is 5.13 Å². The zero-order valence-corrected chi connectivity index (χ0v) is 9.11. The van der Waals surface area contributed by atoms with E-state index >= 15 is 0 Å². The van der Waals surface area contributed by atoms with Crippen LogP contribution in [-0.2, 0) is 4.79 Å². The van der Waals surface area contributed by atoms with Gasteiger partial charge in [0.2, 0.25) is 5.91 Å². The van der Waals surface area contributed by atoms with Gasteiger partial charge in [0.1, 0.15) is 5.69 Å². The van der Waals surface area contributed by atoms with E-state index in [-0.39, 0.29) is 24.0 Å². The van der Waals surface area contributed by atoms with E-state index in [9.17, 15) is 9.59 Å². The Labute approximate surface area is 90.3 Å². The summed E-state index contributed by atoms with van der Waals surface area (Å²) in [5, 5.41) is 4.60. The van der Waals surface area contributed by atoms with Gasteiger partial charge >= 0.3 is 0 Å². The summed E-state index contributed by atoms with van der Waals surface area (Å²) >= 11 is 6.61. The first-order valence-corrected chi connectivity index (χ1v) is 5.37. The molecule has 1 amide bonds. The fourth-order valence-electron chi connectivity index (χ4n) is 0.760. The molecule has 0 saturated carbocycles. The molecule has 14 heavy (non-hydrogen) atoms. The molecule has 4 nitrogen and oxygen atoms in total. The fourth-order valence-corrected chi connectivity index (χ4v) is 1.70. The van der Waals surface area contributed by atoms with Crippen LogP contribution >= 0.6 is 22.9 Å². The van der Waals surface area contributed by atoms with Crippen molar-refractivity contribution in [1.29, 1.82) is 0 Å². The van der Waals surface area contributed by atoms with Gasteiger partial charge in [-0.2, -0.15) is 0 Å². The SMILES string of the molecule is CC(=O)c1csc(NC(=O)CCCl)n1. The number of carbonyl (C=O) groups excluding carboxylic acids is 2. The summed E-state index contributed by atoms with van der Waals surface area (Å²) in [7, 11) is 0. The number of rotatable bonds is 4. The Kier molecular flexibility index (Phi) is 4.03. The predicted molar refractivity (Wildman–Crippen MR) is 56.1 cm³/mol. The van der Waals surface area contributed by atoms with Crippen LogP contribution in [0.25, 0.3) is 0 Å². The number of alkyl halides is 1. The van der Waals surface area contributed by atoms with Crippen LogP contribution in [0.15, 0.2) is 5.38 Å². The lowest BCUT2D eigenvalue weighted by Crippen LogP contribution is -2.11. The van der Waals surface area contributed by atoms with Crippen LogP contribution in [0.3, 0.4) is 0 Å². The van der Waals surface area contributed by atoms with Crippen LogP contribution in [0.5, 0.6) is 0 Å². The molecule has 0 aliphatic rings. The van der Waals surface area contributed by atoms with Gasteiger partial charge in [0, 0.05) is 24.6 Å². The van der Waals surface area contributed by atoms with Gasteiger partial charge in [-0.25, -0.2) is 4.98 Å². The lowest BCUT2D eigenvalue weighted by molar-refractivity contribution is -0.115. The highest BCUT2D eigenvalue weighted by Crippen LogP contribution is 2.15. The van der Waals surface area contributed by atoms with Crippen LogP contribution in [0, 0.1) is 0 Å². The molecule has 0 fully saturated rings. The molecular formula is C8H9ClN2O2S. The number of hydrogen-bond donors (Lipinski definition) is 1. The molecule has 0 saturated heterocycles. The molecule has 0 aliphatic carbocycles. The first-order valence-electron chi connectivity index (χ1n) is 3.95. The summed E-state index contributed by atoms with van der Waals surface area (Å²) in [5.74, 6) is -0.0277. The number of aromatic nitrogens is 1. The second-order valence-electron chi connectivity index (χ2n) is 2.58. The molecule has 0 aromatic carbocycles. The Morgan fingerprint density at radius 3 is 2.86 bits per heavy atom. The fraction of sp³-hybridized carbons (Fsp3) is 0.375. The van der Waals surface area contributed by atoms with Crippen LogP contribution in [-0.4, -0.2) is 22.6 Å². The normalized spacial score (nSPS) is 9.86. The highest BCUT2D eigenvalue weighted by Gasteiger charge is 2.08. The van der Waals surface area contributed by atoms with Gasteiger partial charge in [0.05, 0.1) is 0 Å². The van der Waals surface area contributed by atoms with Gasteiger partial charge < -0.3 is 5.32 Å². The van der Waals surface area contributed by atoms with Crippen molar-refractivity contribution in [3.8, 4) is 0 Å². The number of ketones is 1. The van der Waals surface area contributed by atoms with Crippen LogP contribution in [0.2, 0.25) is 0 Å². The molecule has 76 valence electrons. The van der Waals surface area contributed by atoms with E-state index in [1.54, 1.807) is 5.38 Å². The molecule has 0 bridgehead atoms. The summed E-state index contributed by atoms with van der Waals surface area (Å²) in [6.07, 6.45) is 0.247. The zero-order chi connectivity index (χ0) is 10.6. The van der Waals surface area contributed by atoms with Gasteiger partial charge in [-0.15, -0.1) is 22.9 Å². The first-order chi connectivity index (χ1) is 6.63. The molecule has 1 rings (SSSR count). The van der Waals surface area contributed by atoms with Crippen molar-refractivity contribution in [2.45, 2.75) is 13.3 Å². The minimum Gasteiger partial charge on any atom is -0.302 e. The molecule has 0 radical (unpaired) electrons. The van der Waals surface area contributed by atoms with Crippen LogP contribution in [0.1, 0.15) is 23.8 Å². The van der Waals surface area contributed by atoms with E-state index in [1.807, 2.05) is 0 Å². The Hall–Kier alpha value is -0.940. The van der Waals surface area contributed by atoms with Crippen LogP contribution < -0.4 is 5.32 Å². The average molecular weight is 233 g/mol. The maximum Gasteiger partial charge on any atom is 0.227 e. The standard InChI is InChI=1S/C8H9ClN2O2S/c1-5(12)6-4-14-8(10-6)11-7(13)2-3-9/h4H,2-3H2,1H3,(H,10,11,13). The molecule has 1 heterocycles. The smallest absolute Gasteiger partial charge is 0.227 e. The summed E-state index contributed by atoms with van der Waals surface area (Å²) in [4.78, 5) is 25.9. The Bertz CT molecular complexity index is 351. The number of anilines is 1. The van der Waals surface area contributed by atoms with Gasteiger partial charge in [-0.1, -0.05) is 0 Å². The quantitative estimate of drug-likeness (QED) is 0.637. The van der Waals surface area contributed by atoms with Gasteiger partial charge in [0.25, 0.3) is 0 Å². The number of hydrogen-bond acceptors (Lipinski definition) is 4. The predicted octanol–water partition coefficient (Wildman–Crippen LogP) is 1.91. The first kappa shape index (κ1) is 11.1. The highest BCUT2D eigenvalue weighted by atomic mass is 35.5. The lowest BCUT2D eigenvalue weighted by Gasteiger charge is -1.97. The topological polar surface area (TPSA) is 59.1 Å². The molecular weight excluding hydrogens is 224 g/mol. The average Bonchev–Trinajstić information content (AvgIpc) is 2.53. The maximum absolute atomic E-state index is 11.1. The Morgan fingerprint density at radius 1 is 1.64 bits per heavy atom. The van der Waals surface area contributed by atoms with E-state index in [0.29, 0.717) is 10.8 Å². The summed E-state index contributed by atoms with van der Waals surface area (Å²) < 4.78 is 0. The third-order valence-electron chi connectivity index (χ3n) is 1.43. The van der Waals surface area contributed by atoms with E-state index in [0.717, 1.165) is 0 Å². The van der Waals surface area contributed by atoms with Gasteiger partial charge in [-0.05, 0) is 0 Å². The summed E-state index contributed by atoms with van der Waals surface area (Å²) in [6, 6.07) is 0. The molecule has 6 heteroatoms. The van der Waals surface area contributed by atoms with E-state index in [4.69, 9.17) is 11.6 Å². The molecule has 1 aromatic rings. The highest BCUT2D eigenvalue weighted by molar-refractivity contribution is 7.14. The Balaban J connectivity index is 2.59. The number of amides is 1. The van der Waals surface area contributed by atoms with Crippen molar-refractivity contribution in [3.63, 3.8) is 0 Å². The summed E-state index contributed by atoms with van der Waals surface area (Å²) in [6.45, 7) is 1.43. The number of thiazole rings is 1. The minimum absolute atomic E-state index is 0.112. The van der Waals surface area contributed by atoms with E-state index < -0.39 is 0 Å². The van der Waals surface area contributed by atoms with Crippen molar-refractivity contribution in [2.75, 3.05) is 11.2 Å². The number of Topliss-reactive ketones (excluding diaryl/α,β-unsaturated/α-hetero) is 1. The molecule has 0 aliphatic heterocycles. The molecule has 0 atom stereocenters. The minimum atomic E-state index is -0.190. The number of nitrogens with one attached hydrogen (secondary N) is 1. The number of carbonyl (C=O) groups is 2. The largest absolute Gasteiger partial charge is 0.302 e. The Morgan fingerprint density at radius 2 is 2.36 bits per heavy atom. The summed E-state index contributed by atoms with van der Waals surface area (Å²) in [5.41, 5.74) is 0.371. The van der Waals surface area contributed by atoms with Gasteiger partial charge in [0.15, 0.2) is 10.9 Å². The van der Waals surface area contributed by atoms with Crippen molar-refractivity contribution in [1.82, 2.24) is 4.98 Å². The molecule has 0 unspecified atom stereocenters. The number of halogens is 1. The zero-order valence-electron chi connectivity index (χ0n) is 7.54. The number of nitrogens with zero attached hydrogens (tertiary/aromatic N) is 1. The van der Waals surface area contributed by atoms with E-state index in [1.165, 1.54) is 18.3 Å². The second-order valence-corrected chi connectivity index (χ2v) is 3.82.